The Morgan fingerprint density at radius 3 is 2.43 bits per heavy atom. The molecule has 1 aromatic heterocycles. The number of carboxylic acids is 1. The van der Waals surface area contributed by atoms with Crippen molar-refractivity contribution in [1.82, 2.24) is 4.98 Å². The maximum atomic E-state index is 11.1. The summed E-state index contributed by atoms with van der Waals surface area (Å²) in [4.78, 5) is 24.3. The van der Waals surface area contributed by atoms with Gasteiger partial charge in [0.05, 0.1) is 11.1 Å². The van der Waals surface area contributed by atoms with Crippen LogP contribution in [0.3, 0.4) is 0 Å². The lowest BCUT2D eigenvalue weighted by Crippen LogP contribution is -2.01. The van der Waals surface area contributed by atoms with Crippen molar-refractivity contribution in [3.05, 3.63) is 22.5 Å². The number of aromatic amines is 1. The van der Waals surface area contributed by atoms with Gasteiger partial charge in [-0.3, -0.25) is 4.79 Å². The SMILES string of the molecule is CC(=O)c1c(C)[nH]c(C(=O)O)c1C#N. The van der Waals surface area contributed by atoms with Gasteiger partial charge in [-0.2, -0.15) is 5.26 Å². The van der Waals surface area contributed by atoms with E-state index in [1.165, 1.54) is 6.92 Å². The summed E-state index contributed by atoms with van der Waals surface area (Å²) >= 11 is 0. The number of H-pyrrole nitrogens is 1. The minimum atomic E-state index is -1.24. The minimum absolute atomic E-state index is 0.0949. The normalized spacial score (nSPS) is 9.50. The van der Waals surface area contributed by atoms with E-state index in [9.17, 15) is 9.59 Å². The summed E-state index contributed by atoms with van der Waals surface area (Å²) in [6.45, 7) is 2.85. The minimum Gasteiger partial charge on any atom is -0.477 e. The number of nitrogens with one attached hydrogen (secondary N) is 1. The van der Waals surface area contributed by atoms with Crippen molar-refractivity contribution in [2.24, 2.45) is 0 Å². The van der Waals surface area contributed by atoms with Crippen molar-refractivity contribution in [3.8, 4) is 6.07 Å². The zero-order valence-electron chi connectivity index (χ0n) is 7.71. The van der Waals surface area contributed by atoms with Crippen LogP contribution in [0.25, 0.3) is 0 Å². The molecule has 0 bridgehead atoms. The highest BCUT2D eigenvalue weighted by Gasteiger charge is 2.21. The van der Waals surface area contributed by atoms with E-state index in [0.717, 1.165) is 0 Å². The van der Waals surface area contributed by atoms with E-state index in [1.54, 1.807) is 13.0 Å². The molecule has 1 aromatic rings. The third-order valence-electron chi connectivity index (χ3n) is 1.87. The molecule has 0 spiro atoms. The molecular formula is C9H8N2O3. The summed E-state index contributed by atoms with van der Waals surface area (Å²) < 4.78 is 0. The van der Waals surface area contributed by atoms with Gasteiger partial charge < -0.3 is 10.1 Å². The van der Waals surface area contributed by atoms with Gasteiger partial charge in [0.1, 0.15) is 11.8 Å². The first-order valence-corrected chi connectivity index (χ1v) is 3.86. The van der Waals surface area contributed by atoms with Crippen LogP contribution in [0.5, 0.6) is 0 Å². The number of aromatic carboxylic acids is 1. The van der Waals surface area contributed by atoms with Crippen LogP contribution in [0.15, 0.2) is 0 Å². The molecule has 5 heteroatoms. The van der Waals surface area contributed by atoms with Gasteiger partial charge in [0, 0.05) is 5.69 Å². The van der Waals surface area contributed by atoms with Gasteiger partial charge >= 0.3 is 5.97 Å². The van der Waals surface area contributed by atoms with E-state index in [2.05, 4.69) is 4.98 Å². The molecule has 0 aliphatic rings. The predicted molar refractivity (Wildman–Crippen MR) is 47.2 cm³/mol. The first-order valence-electron chi connectivity index (χ1n) is 3.86. The molecule has 5 nitrogen and oxygen atoms in total. The first kappa shape index (κ1) is 9.99. The van der Waals surface area contributed by atoms with Crippen LogP contribution in [-0.2, 0) is 0 Å². The second kappa shape index (κ2) is 3.34. The zero-order valence-corrected chi connectivity index (χ0v) is 7.71. The topological polar surface area (TPSA) is 93.9 Å². The molecular weight excluding hydrogens is 184 g/mol. The maximum absolute atomic E-state index is 11.1. The van der Waals surface area contributed by atoms with Crippen LogP contribution in [0.4, 0.5) is 0 Å². The molecule has 14 heavy (non-hydrogen) atoms. The van der Waals surface area contributed by atoms with Crippen LogP contribution >= 0.6 is 0 Å². The van der Waals surface area contributed by atoms with Gasteiger partial charge in [-0.25, -0.2) is 4.79 Å². The van der Waals surface area contributed by atoms with E-state index >= 15 is 0 Å². The highest BCUT2D eigenvalue weighted by atomic mass is 16.4. The third-order valence-corrected chi connectivity index (χ3v) is 1.87. The van der Waals surface area contributed by atoms with E-state index in [-0.39, 0.29) is 22.6 Å². The Balaban J connectivity index is 3.53. The summed E-state index contributed by atoms with van der Waals surface area (Å²) in [7, 11) is 0. The van der Waals surface area contributed by atoms with Crippen molar-refractivity contribution in [3.63, 3.8) is 0 Å². The van der Waals surface area contributed by atoms with Crippen molar-refractivity contribution in [2.45, 2.75) is 13.8 Å². The molecule has 0 amide bonds. The molecule has 1 heterocycles. The van der Waals surface area contributed by atoms with Gasteiger partial charge in [0.15, 0.2) is 5.78 Å². The summed E-state index contributed by atoms with van der Waals surface area (Å²) in [6.07, 6.45) is 0. The summed E-state index contributed by atoms with van der Waals surface area (Å²) in [5.41, 5.74) is 0.244. The molecule has 0 saturated carbocycles. The lowest BCUT2D eigenvalue weighted by molar-refractivity contribution is 0.0690. The number of carbonyl (C=O) groups is 2. The molecule has 0 aliphatic heterocycles. The quantitative estimate of drug-likeness (QED) is 0.686. The lowest BCUT2D eigenvalue weighted by Gasteiger charge is -1.92. The van der Waals surface area contributed by atoms with Crippen molar-refractivity contribution in [2.75, 3.05) is 0 Å². The number of hydrogen-bond acceptors (Lipinski definition) is 3. The van der Waals surface area contributed by atoms with Crippen LogP contribution < -0.4 is 0 Å². The molecule has 1 rings (SSSR count). The Bertz CT molecular complexity index is 451. The average Bonchev–Trinajstić information content (AvgIpc) is 2.41. The molecule has 0 aliphatic carbocycles. The molecule has 72 valence electrons. The number of carboxylic acid groups (broad SMARTS) is 1. The number of hydrogen-bond donors (Lipinski definition) is 2. The van der Waals surface area contributed by atoms with Gasteiger partial charge in [-0.05, 0) is 13.8 Å². The Labute approximate surface area is 80.0 Å². The number of Topliss-reactive ketones (excluding diaryl/α,β-unsaturated/α-hetero) is 1. The Hall–Kier alpha value is -2.09. The lowest BCUT2D eigenvalue weighted by atomic mass is 10.1. The predicted octanol–water partition coefficient (Wildman–Crippen LogP) is 1.10. The van der Waals surface area contributed by atoms with Gasteiger partial charge in [0.25, 0.3) is 0 Å². The summed E-state index contributed by atoms with van der Waals surface area (Å²) in [5.74, 6) is -1.56. The van der Waals surface area contributed by atoms with Gasteiger partial charge in [0.2, 0.25) is 0 Å². The Morgan fingerprint density at radius 2 is 2.07 bits per heavy atom. The number of aromatic nitrogens is 1. The molecule has 0 atom stereocenters. The fourth-order valence-electron chi connectivity index (χ4n) is 1.34. The summed E-state index contributed by atoms with van der Waals surface area (Å²) in [6, 6.07) is 1.71. The van der Waals surface area contributed by atoms with Crippen molar-refractivity contribution < 1.29 is 14.7 Å². The Morgan fingerprint density at radius 1 is 1.50 bits per heavy atom. The second-order valence-corrected chi connectivity index (χ2v) is 2.85. The number of nitriles is 1. The third kappa shape index (κ3) is 1.38. The highest BCUT2D eigenvalue weighted by molar-refractivity contribution is 6.02. The molecule has 0 fully saturated rings. The average molecular weight is 192 g/mol. The largest absolute Gasteiger partial charge is 0.477 e. The number of ketones is 1. The van der Waals surface area contributed by atoms with E-state index in [1.807, 2.05) is 0 Å². The van der Waals surface area contributed by atoms with Crippen LogP contribution in [0, 0.1) is 18.3 Å². The standard InChI is InChI=1S/C9H8N2O3/c1-4-7(5(2)12)6(3-10)8(11-4)9(13)14/h11H,1-2H3,(H,13,14). The molecule has 0 unspecified atom stereocenters. The number of nitrogens with zero attached hydrogens (tertiary/aromatic N) is 1. The highest BCUT2D eigenvalue weighted by Crippen LogP contribution is 2.18. The van der Waals surface area contributed by atoms with Gasteiger partial charge in [-0.15, -0.1) is 0 Å². The Kier molecular flexibility index (Phi) is 2.38. The summed E-state index contributed by atoms with van der Waals surface area (Å²) in [5, 5.41) is 17.4. The maximum Gasteiger partial charge on any atom is 0.353 e. The molecule has 2 N–H and O–H groups in total. The number of carbonyl (C=O) groups excluding carboxylic acids is 1. The van der Waals surface area contributed by atoms with Crippen molar-refractivity contribution in [1.29, 1.82) is 5.26 Å². The van der Waals surface area contributed by atoms with Gasteiger partial charge in [-0.1, -0.05) is 0 Å². The van der Waals surface area contributed by atoms with Crippen LogP contribution in [-0.4, -0.2) is 21.8 Å². The zero-order chi connectivity index (χ0) is 10.9. The van der Waals surface area contributed by atoms with E-state index in [0.29, 0.717) is 5.69 Å². The smallest absolute Gasteiger partial charge is 0.353 e. The number of aryl methyl sites for hydroxylation is 1. The molecule has 0 radical (unpaired) electrons. The van der Waals surface area contributed by atoms with E-state index in [4.69, 9.17) is 10.4 Å². The van der Waals surface area contributed by atoms with Crippen LogP contribution in [0.1, 0.15) is 39.0 Å². The van der Waals surface area contributed by atoms with Crippen LogP contribution in [0.2, 0.25) is 0 Å². The van der Waals surface area contributed by atoms with E-state index < -0.39 is 5.97 Å². The second-order valence-electron chi connectivity index (χ2n) is 2.85. The first-order chi connectivity index (χ1) is 6.49. The molecule has 0 saturated heterocycles. The monoisotopic (exact) mass is 192 g/mol. The van der Waals surface area contributed by atoms with Crippen molar-refractivity contribution >= 4 is 11.8 Å². The number of rotatable bonds is 2. The fourth-order valence-corrected chi connectivity index (χ4v) is 1.34. The fraction of sp³-hybridized carbons (Fsp3) is 0.222. The molecule has 0 aromatic carbocycles.